The molecule has 1 aromatic carbocycles. The van der Waals surface area contributed by atoms with Gasteiger partial charge in [0.05, 0.1) is 16.8 Å². The monoisotopic (exact) mass is 549 g/mol. The molecule has 1 N–H and O–H groups in total. The number of ketones is 1. The molecule has 200 valence electrons. The number of hydrogen-bond acceptors (Lipinski definition) is 5. The van der Waals surface area contributed by atoms with Crippen LogP contribution in [0.1, 0.15) is 90.2 Å². The molecule has 3 aromatic rings. The van der Waals surface area contributed by atoms with Crippen LogP contribution >= 0.6 is 22.7 Å². The summed E-state index contributed by atoms with van der Waals surface area (Å²) in [5.41, 5.74) is 1.23. The number of Topliss-reactive ketones (excluding diaryl/α,β-unsaturated/α-hetero) is 1. The van der Waals surface area contributed by atoms with E-state index >= 15 is 0 Å². The summed E-state index contributed by atoms with van der Waals surface area (Å²) in [5.74, 6) is -2.95. The van der Waals surface area contributed by atoms with Crippen molar-refractivity contribution < 1.29 is 19.5 Å². The number of carbonyl (C=O) groups is 3. The van der Waals surface area contributed by atoms with Gasteiger partial charge in [0.2, 0.25) is 5.91 Å². The van der Waals surface area contributed by atoms with Gasteiger partial charge in [0.1, 0.15) is 5.54 Å². The van der Waals surface area contributed by atoms with Gasteiger partial charge >= 0.3 is 5.97 Å². The lowest BCUT2D eigenvalue weighted by Crippen LogP contribution is -2.56. The lowest BCUT2D eigenvalue weighted by Gasteiger charge is -2.41. The van der Waals surface area contributed by atoms with Gasteiger partial charge in [0.15, 0.2) is 5.78 Å². The van der Waals surface area contributed by atoms with Crippen LogP contribution in [0.4, 0.5) is 0 Å². The van der Waals surface area contributed by atoms with E-state index in [0.717, 1.165) is 40.8 Å². The minimum absolute atomic E-state index is 0.0701. The fourth-order valence-electron chi connectivity index (χ4n) is 6.15. The number of nitrogens with zero attached hydrogens (tertiary/aromatic N) is 1. The van der Waals surface area contributed by atoms with E-state index in [9.17, 15) is 19.5 Å². The highest BCUT2D eigenvalue weighted by Crippen LogP contribution is 2.59. The minimum Gasteiger partial charge on any atom is -0.479 e. The summed E-state index contributed by atoms with van der Waals surface area (Å²) >= 11 is 2.87. The number of hydrogen-bond donors (Lipinski definition) is 1. The van der Waals surface area contributed by atoms with Crippen LogP contribution in [-0.2, 0) is 15.0 Å². The Morgan fingerprint density at radius 2 is 1.68 bits per heavy atom. The molecule has 7 heteroatoms. The van der Waals surface area contributed by atoms with Gasteiger partial charge in [0, 0.05) is 16.7 Å². The number of rotatable bonds is 6. The molecule has 2 aromatic heterocycles. The molecule has 5 rings (SSSR count). The molecule has 4 unspecified atom stereocenters. The van der Waals surface area contributed by atoms with E-state index in [-0.39, 0.29) is 23.0 Å². The quantitative estimate of drug-likeness (QED) is 0.329. The lowest BCUT2D eigenvalue weighted by molar-refractivity contribution is -0.161. The highest BCUT2D eigenvalue weighted by atomic mass is 32.1. The van der Waals surface area contributed by atoms with Crippen LogP contribution in [0, 0.1) is 18.8 Å². The number of thiophene rings is 2. The third-order valence-electron chi connectivity index (χ3n) is 8.58. The van der Waals surface area contributed by atoms with Crippen molar-refractivity contribution in [3.63, 3.8) is 0 Å². The summed E-state index contributed by atoms with van der Waals surface area (Å²) in [6, 6.07) is 13.0. The molecule has 5 nitrogen and oxygen atoms in total. The van der Waals surface area contributed by atoms with E-state index in [1.54, 1.807) is 17.9 Å². The van der Waals surface area contributed by atoms with Crippen molar-refractivity contribution in [2.24, 2.45) is 11.8 Å². The average Bonchev–Trinajstić information content (AvgIpc) is 3.55. The van der Waals surface area contributed by atoms with E-state index < -0.39 is 29.4 Å². The Balaban J connectivity index is 1.77. The fourth-order valence-corrected chi connectivity index (χ4v) is 7.93. The van der Waals surface area contributed by atoms with Crippen LogP contribution in [0.2, 0.25) is 0 Å². The number of aryl methyl sites for hydroxylation is 1. The van der Waals surface area contributed by atoms with Crippen molar-refractivity contribution >= 4 is 40.3 Å². The van der Waals surface area contributed by atoms with E-state index in [1.807, 2.05) is 54.1 Å². The zero-order chi connectivity index (χ0) is 27.4. The highest BCUT2D eigenvalue weighted by molar-refractivity contribution is 7.12. The first-order chi connectivity index (χ1) is 18.0. The number of carbonyl (C=O) groups excluding carboxylic acids is 2. The van der Waals surface area contributed by atoms with Crippen LogP contribution in [0.3, 0.4) is 0 Å². The number of benzene rings is 1. The summed E-state index contributed by atoms with van der Waals surface area (Å²) in [7, 11) is 0. The second-order valence-corrected chi connectivity index (χ2v) is 13.8. The molecule has 0 bridgehead atoms. The molecule has 1 saturated carbocycles. The van der Waals surface area contributed by atoms with Gasteiger partial charge in [-0.05, 0) is 71.7 Å². The molecule has 0 radical (unpaired) electrons. The number of carboxylic acids is 1. The largest absolute Gasteiger partial charge is 0.479 e. The standard InChI is InChI=1S/C31H35NO4S2/c1-18-15-17-38-27(18)25-23(26(33)22-10-7-16-37-22)24(19-11-13-21(14-12-19)30(2,3)4)31(5,29(35)36)32(25)28(34)20-8-6-9-20/h7,10-17,20,23-25H,6,8-9H2,1-5H3,(H,35,36). The van der Waals surface area contributed by atoms with Gasteiger partial charge in [-0.25, -0.2) is 4.79 Å². The van der Waals surface area contributed by atoms with Crippen molar-refractivity contribution in [1.82, 2.24) is 4.90 Å². The van der Waals surface area contributed by atoms with Crippen LogP contribution in [0.15, 0.2) is 53.2 Å². The molecule has 4 atom stereocenters. The van der Waals surface area contributed by atoms with E-state index in [4.69, 9.17) is 0 Å². The van der Waals surface area contributed by atoms with E-state index in [2.05, 4.69) is 20.8 Å². The topological polar surface area (TPSA) is 74.7 Å². The Morgan fingerprint density at radius 1 is 1.00 bits per heavy atom. The Labute approximate surface area is 232 Å². The smallest absolute Gasteiger partial charge is 0.330 e. The van der Waals surface area contributed by atoms with Gasteiger partial charge in [-0.2, -0.15) is 0 Å². The summed E-state index contributed by atoms with van der Waals surface area (Å²) < 4.78 is 0. The Morgan fingerprint density at radius 3 is 2.16 bits per heavy atom. The van der Waals surface area contributed by atoms with Crippen LogP contribution < -0.4 is 0 Å². The molecule has 2 aliphatic rings. The van der Waals surface area contributed by atoms with Crippen LogP contribution in [-0.4, -0.2) is 33.2 Å². The second-order valence-electron chi connectivity index (χ2n) is 11.9. The number of likely N-dealkylation sites (tertiary alicyclic amines) is 1. The van der Waals surface area contributed by atoms with Crippen molar-refractivity contribution in [3.05, 3.63) is 79.7 Å². The molecule has 1 aliphatic carbocycles. The second kappa shape index (κ2) is 9.76. The Bertz CT molecular complexity index is 1350. The van der Waals surface area contributed by atoms with Gasteiger partial charge in [-0.1, -0.05) is 57.5 Å². The zero-order valence-corrected chi connectivity index (χ0v) is 24.2. The van der Waals surface area contributed by atoms with Gasteiger partial charge in [0.25, 0.3) is 0 Å². The normalized spacial score (nSPS) is 25.8. The Hall–Kier alpha value is -2.77. The maximum absolute atomic E-state index is 14.4. The first-order valence-electron chi connectivity index (χ1n) is 13.2. The minimum atomic E-state index is -1.59. The third-order valence-corrected chi connectivity index (χ3v) is 10.6. The SMILES string of the molecule is Cc1ccsc1C1C(C(=O)c2cccs2)C(c2ccc(C(C)(C)C)cc2)C(C)(C(=O)O)N1C(=O)C1CCC1. The highest BCUT2D eigenvalue weighted by Gasteiger charge is 2.66. The maximum Gasteiger partial charge on any atom is 0.330 e. The van der Waals surface area contributed by atoms with Gasteiger partial charge < -0.3 is 10.0 Å². The number of amides is 1. The van der Waals surface area contributed by atoms with Crippen molar-refractivity contribution in [2.45, 2.75) is 76.8 Å². The van der Waals surface area contributed by atoms with Crippen molar-refractivity contribution in [2.75, 3.05) is 0 Å². The molecular formula is C31H35NO4S2. The first kappa shape index (κ1) is 26.8. The third kappa shape index (κ3) is 4.24. The van der Waals surface area contributed by atoms with Gasteiger partial charge in [-0.3, -0.25) is 9.59 Å². The summed E-state index contributed by atoms with van der Waals surface area (Å²) in [4.78, 5) is 44.9. The lowest BCUT2D eigenvalue weighted by atomic mass is 9.72. The number of carboxylic acid groups (broad SMARTS) is 1. The average molecular weight is 550 g/mol. The molecule has 1 aliphatic heterocycles. The molecule has 3 heterocycles. The first-order valence-corrected chi connectivity index (χ1v) is 15.0. The maximum atomic E-state index is 14.4. The molecular weight excluding hydrogens is 514 g/mol. The fraction of sp³-hybridized carbons (Fsp3) is 0.452. The number of aliphatic carboxylic acids is 1. The van der Waals surface area contributed by atoms with E-state index in [1.165, 1.54) is 22.7 Å². The summed E-state index contributed by atoms with van der Waals surface area (Å²) in [6.07, 6.45) is 2.48. The molecule has 1 amide bonds. The Kier molecular flexibility index (Phi) is 6.89. The van der Waals surface area contributed by atoms with Crippen molar-refractivity contribution in [1.29, 1.82) is 0 Å². The zero-order valence-electron chi connectivity index (χ0n) is 22.6. The predicted molar refractivity (Wildman–Crippen MR) is 152 cm³/mol. The molecule has 0 spiro atoms. The summed E-state index contributed by atoms with van der Waals surface area (Å²) in [5, 5.41) is 14.7. The van der Waals surface area contributed by atoms with Crippen LogP contribution in [0.25, 0.3) is 0 Å². The summed E-state index contributed by atoms with van der Waals surface area (Å²) in [6.45, 7) is 10.0. The molecule has 38 heavy (non-hydrogen) atoms. The van der Waals surface area contributed by atoms with Crippen molar-refractivity contribution in [3.8, 4) is 0 Å². The van der Waals surface area contributed by atoms with E-state index in [0.29, 0.717) is 4.88 Å². The van der Waals surface area contributed by atoms with Gasteiger partial charge in [-0.15, -0.1) is 22.7 Å². The molecule has 1 saturated heterocycles. The molecule has 2 fully saturated rings. The predicted octanol–water partition coefficient (Wildman–Crippen LogP) is 7.23. The van der Waals surface area contributed by atoms with Crippen LogP contribution in [0.5, 0.6) is 0 Å².